The van der Waals surface area contributed by atoms with E-state index in [1.165, 1.54) is 5.56 Å². The van der Waals surface area contributed by atoms with Crippen molar-refractivity contribution in [3.05, 3.63) is 53.0 Å². The highest BCUT2D eigenvalue weighted by molar-refractivity contribution is 5.96. The summed E-state index contributed by atoms with van der Waals surface area (Å²) in [5, 5.41) is 5.61. The van der Waals surface area contributed by atoms with Crippen LogP contribution in [-0.2, 0) is 24.1 Å². The van der Waals surface area contributed by atoms with Crippen LogP contribution in [0.15, 0.2) is 30.3 Å². The third-order valence-electron chi connectivity index (χ3n) is 5.73. The molecule has 1 unspecified atom stereocenters. The van der Waals surface area contributed by atoms with E-state index in [2.05, 4.69) is 32.7 Å². The van der Waals surface area contributed by atoms with Crippen LogP contribution in [0, 0.1) is 5.92 Å². The van der Waals surface area contributed by atoms with Gasteiger partial charge in [0.2, 0.25) is 5.91 Å². The third kappa shape index (κ3) is 4.39. The number of amides is 2. The Hall–Kier alpha value is -2.96. The number of anilines is 1. The number of rotatable bonds is 6. The highest BCUT2D eigenvalue weighted by Gasteiger charge is 2.31. The van der Waals surface area contributed by atoms with Crippen molar-refractivity contribution in [2.75, 3.05) is 31.6 Å². The maximum Gasteiger partial charge on any atom is 0.270 e. The Bertz CT molecular complexity index is 900. The minimum absolute atomic E-state index is 0.0736. The maximum atomic E-state index is 12.5. The normalized spacial score (nSPS) is 18.3. The summed E-state index contributed by atoms with van der Waals surface area (Å²) >= 11 is 0. The van der Waals surface area contributed by atoms with Crippen molar-refractivity contribution in [3.63, 3.8) is 0 Å². The van der Waals surface area contributed by atoms with E-state index < -0.39 is 0 Å². The summed E-state index contributed by atoms with van der Waals surface area (Å²) in [6, 6.07) is 10.2. The molecule has 1 aromatic carbocycles. The predicted octanol–water partition coefficient (Wildman–Crippen LogP) is 1.51. The molecule has 7 heteroatoms. The first kappa shape index (κ1) is 19.4. The lowest BCUT2D eigenvalue weighted by molar-refractivity contribution is -0.121. The number of hydrogen-bond donors (Lipinski definition) is 2. The van der Waals surface area contributed by atoms with E-state index in [1.54, 1.807) is 7.05 Å². The molecule has 0 aliphatic carbocycles. The van der Waals surface area contributed by atoms with Crippen LogP contribution in [0.3, 0.4) is 0 Å². The van der Waals surface area contributed by atoms with Crippen LogP contribution in [0.4, 0.5) is 5.82 Å². The fourth-order valence-electron chi connectivity index (χ4n) is 4.15. The number of nitrogens with one attached hydrogen (secondary N) is 2. The van der Waals surface area contributed by atoms with Gasteiger partial charge in [-0.25, -0.2) is 9.97 Å². The van der Waals surface area contributed by atoms with Gasteiger partial charge in [0.25, 0.3) is 5.91 Å². The van der Waals surface area contributed by atoms with Crippen LogP contribution in [0.1, 0.15) is 40.3 Å². The average molecular weight is 393 g/mol. The molecule has 1 saturated heterocycles. The number of hydrogen-bond acceptors (Lipinski definition) is 5. The molecule has 2 aliphatic heterocycles. The van der Waals surface area contributed by atoms with Gasteiger partial charge in [-0.1, -0.05) is 30.3 Å². The van der Waals surface area contributed by atoms with E-state index in [9.17, 15) is 9.59 Å². The van der Waals surface area contributed by atoms with Crippen molar-refractivity contribution in [1.82, 2.24) is 20.6 Å². The van der Waals surface area contributed by atoms with E-state index in [4.69, 9.17) is 4.98 Å². The molecule has 152 valence electrons. The van der Waals surface area contributed by atoms with Crippen molar-refractivity contribution in [1.29, 1.82) is 0 Å². The molecule has 7 nitrogen and oxygen atoms in total. The standard InChI is InChI=1S/C22H27N5O2/c1-23-19(28)13-16-10-12-27(14-16)21-17-9-11-24-22(29)20(17)25-18(26-21)8-7-15-5-3-2-4-6-15/h2-6,16H,7-14H2,1H3,(H,23,28)(H,24,29). The fraction of sp³-hybridized carbons (Fsp3) is 0.455. The van der Waals surface area contributed by atoms with E-state index in [-0.39, 0.29) is 11.8 Å². The van der Waals surface area contributed by atoms with Gasteiger partial charge < -0.3 is 15.5 Å². The molecule has 29 heavy (non-hydrogen) atoms. The van der Waals surface area contributed by atoms with E-state index in [1.807, 2.05) is 18.2 Å². The zero-order valence-corrected chi connectivity index (χ0v) is 16.8. The molecule has 2 aromatic rings. The van der Waals surface area contributed by atoms with Gasteiger partial charge in [-0.15, -0.1) is 0 Å². The molecule has 0 saturated carbocycles. The summed E-state index contributed by atoms with van der Waals surface area (Å²) < 4.78 is 0. The average Bonchev–Trinajstić information content (AvgIpc) is 3.21. The Morgan fingerprint density at radius 2 is 2.07 bits per heavy atom. The summed E-state index contributed by atoms with van der Waals surface area (Å²) in [5.41, 5.74) is 2.68. The molecule has 3 heterocycles. The third-order valence-corrected chi connectivity index (χ3v) is 5.73. The summed E-state index contributed by atoms with van der Waals surface area (Å²) in [5.74, 6) is 1.86. The molecule has 1 atom stereocenters. The summed E-state index contributed by atoms with van der Waals surface area (Å²) in [6.45, 7) is 2.25. The van der Waals surface area contributed by atoms with Crippen LogP contribution in [0.25, 0.3) is 0 Å². The molecule has 0 bridgehead atoms. The highest BCUT2D eigenvalue weighted by atomic mass is 16.2. The molecule has 2 aliphatic rings. The topological polar surface area (TPSA) is 87.2 Å². The number of carbonyl (C=O) groups is 2. The molecule has 2 N–H and O–H groups in total. The quantitative estimate of drug-likeness (QED) is 0.777. The zero-order chi connectivity index (χ0) is 20.2. The molecule has 1 aromatic heterocycles. The lowest BCUT2D eigenvalue weighted by Crippen LogP contribution is -2.36. The first-order valence-electron chi connectivity index (χ1n) is 10.3. The highest BCUT2D eigenvalue weighted by Crippen LogP contribution is 2.30. The molecule has 2 amide bonds. The number of aromatic nitrogens is 2. The van der Waals surface area contributed by atoms with Gasteiger partial charge in [0, 0.05) is 45.1 Å². The molecule has 0 radical (unpaired) electrons. The lowest BCUT2D eigenvalue weighted by Gasteiger charge is -2.25. The molecule has 4 rings (SSSR count). The molecular weight excluding hydrogens is 366 g/mol. The van der Waals surface area contributed by atoms with E-state index >= 15 is 0 Å². The van der Waals surface area contributed by atoms with E-state index in [0.717, 1.165) is 43.7 Å². The summed E-state index contributed by atoms with van der Waals surface area (Å²) in [7, 11) is 1.67. The molecule has 0 spiro atoms. The maximum absolute atomic E-state index is 12.5. The van der Waals surface area contributed by atoms with Crippen LogP contribution in [-0.4, -0.2) is 48.5 Å². The number of nitrogens with zero attached hydrogens (tertiary/aromatic N) is 3. The van der Waals surface area contributed by atoms with Crippen LogP contribution >= 0.6 is 0 Å². The Kier molecular flexibility index (Phi) is 5.74. The van der Waals surface area contributed by atoms with Crippen LogP contribution < -0.4 is 15.5 Å². The second kappa shape index (κ2) is 8.59. The number of benzene rings is 1. The minimum Gasteiger partial charge on any atom is -0.359 e. The van der Waals surface area contributed by atoms with Gasteiger partial charge >= 0.3 is 0 Å². The predicted molar refractivity (Wildman–Crippen MR) is 111 cm³/mol. The number of fused-ring (bicyclic) bond motifs is 1. The van der Waals surface area contributed by atoms with Crippen molar-refractivity contribution in [2.45, 2.75) is 32.1 Å². The Balaban J connectivity index is 1.58. The largest absolute Gasteiger partial charge is 0.359 e. The molecule has 1 fully saturated rings. The smallest absolute Gasteiger partial charge is 0.270 e. The van der Waals surface area contributed by atoms with Gasteiger partial charge in [-0.05, 0) is 30.7 Å². The monoisotopic (exact) mass is 393 g/mol. The van der Waals surface area contributed by atoms with Crippen molar-refractivity contribution in [2.24, 2.45) is 5.92 Å². The second-order valence-corrected chi connectivity index (χ2v) is 7.76. The Morgan fingerprint density at radius 1 is 1.24 bits per heavy atom. The minimum atomic E-state index is -0.114. The first-order chi connectivity index (χ1) is 14.1. The Labute approximate surface area is 170 Å². The summed E-state index contributed by atoms with van der Waals surface area (Å²) in [6.07, 6.45) is 3.75. The number of carbonyl (C=O) groups excluding carboxylic acids is 2. The van der Waals surface area contributed by atoms with Crippen molar-refractivity contribution in [3.8, 4) is 0 Å². The van der Waals surface area contributed by atoms with Crippen molar-refractivity contribution >= 4 is 17.6 Å². The lowest BCUT2D eigenvalue weighted by atomic mass is 10.0. The van der Waals surface area contributed by atoms with E-state index in [0.29, 0.717) is 36.8 Å². The zero-order valence-electron chi connectivity index (χ0n) is 16.8. The van der Waals surface area contributed by atoms with Crippen molar-refractivity contribution < 1.29 is 9.59 Å². The van der Waals surface area contributed by atoms with Gasteiger partial charge in [-0.3, -0.25) is 9.59 Å². The van der Waals surface area contributed by atoms with Gasteiger partial charge in [0.1, 0.15) is 17.3 Å². The van der Waals surface area contributed by atoms with Gasteiger partial charge in [0.15, 0.2) is 0 Å². The van der Waals surface area contributed by atoms with Crippen LogP contribution in [0.5, 0.6) is 0 Å². The molecular formula is C22H27N5O2. The summed E-state index contributed by atoms with van der Waals surface area (Å²) in [4.78, 5) is 35.9. The first-order valence-corrected chi connectivity index (χ1v) is 10.3. The fourth-order valence-corrected chi connectivity index (χ4v) is 4.15. The van der Waals surface area contributed by atoms with Crippen LogP contribution in [0.2, 0.25) is 0 Å². The Morgan fingerprint density at radius 3 is 2.86 bits per heavy atom. The second-order valence-electron chi connectivity index (χ2n) is 7.76. The van der Waals surface area contributed by atoms with Gasteiger partial charge in [-0.2, -0.15) is 0 Å². The SMILES string of the molecule is CNC(=O)CC1CCN(c2nc(CCc3ccccc3)nc3c2CCNC3=O)C1. The van der Waals surface area contributed by atoms with Gasteiger partial charge in [0.05, 0.1) is 0 Å². The number of aryl methyl sites for hydroxylation is 2.